The summed E-state index contributed by atoms with van der Waals surface area (Å²) in [5.74, 6) is 0. The molecule has 0 amide bonds. The first-order valence-corrected chi connectivity index (χ1v) is 2.74. The fourth-order valence-electron chi connectivity index (χ4n) is 0.390. The van der Waals surface area contributed by atoms with Gasteiger partial charge in [-0.05, 0) is 14.1 Å². The summed E-state index contributed by atoms with van der Waals surface area (Å²) in [4.78, 5) is 1.10. The van der Waals surface area contributed by atoms with Crippen molar-refractivity contribution in [2.24, 2.45) is 0 Å². The molecule has 0 heterocycles. The SMILES string of the molecule is CN(C)C(O)CC(F)(F)F. The predicted octanol–water partition coefficient (Wildman–Crippen LogP) is 0.819. The lowest BCUT2D eigenvalue weighted by Crippen LogP contribution is -2.32. The van der Waals surface area contributed by atoms with Crippen LogP contribution in [0.4, 0.5) is 13.2 Å². The van der Waals surface area contributed by atoms with Crippen molar-refractivity contribution < 1.29 is 18.3 Å². The molecule has 1 unspecified atom stereocenters. The van der Waals surface area contributed by atoms with Crippen LogP contribution >= 0.6 is 0 Å². The van der Waals surface area contributed by atoms with Gasteiger partial charge in [0, 0.05) is 0 Å². The van der Waals surface area contributed by atoms with Gasteiger partial charge in [0.2, 0.25) is 0 Å². The molecule has 0 saturated heterocycles. The maximum Gasteiger partial charge on any atom is 0.392 e. The fourth-order valence-corrected chi connectivity index (χ4v) is 0.390. The van der Waals surface area contributed by atoms with E-state index < -0.39 is 18.8 Å². The highest BCUT2D eigenvalue weighted by atomic mass is 19.4. The number of alkyl halides is 3. The topological polar surface area (TPSA) is 23.5 Å². The first kappa shape index (κ1) is 9.71. The van der Waals surface area contributed by atoms with Crippen LogP contribution in [0.25, 0.3) is 0 Å². The zero-order valence-corrected chi connectivity index (χ0v) is 5.81. The summed E-state index contributed by atoms with van der Waals surface area (Å²) < 4.78 is 34.4. The van der Waals surface area contributed by atoms with Crippen molar-refractivity contribution in [1.82, 2.24) is 4.90 Å². The lowest BCUT2D eigenvalue weighted by atomic mass is 10.3. The number of aliphatic hydroxyl groups is 1. The van der Waals surface area contributed by atoms with E-state index in [4.69, 9.17) is 5.11 Å². The summed E-state index contributed by atoms with van der Waals surface area (Å²) in [5, 5.41) is 8.67. The third-order valence-electron chi connectivity index (χ3n) is 1.01. The van der Waals surface area contributed by atoms with Crippen LogP contribution in [0.1, 0.15) is 6.42 Å². The molecule has 0 radical (unpaired) electrons. The van der Waals surface area contributed by atoms with Crippen molar-refractivity contribution in [3.8, 4) is 0 Å². The Hall–Kier alpha value is -0.290. The van der Waals surface area contributed by atoms with Gasteiger partial charge < -0.3 is 5.11 Å². The Balaban J connectivity index is 3.68. The van der Waals surface area contributed by atoms with Crippen LogP contribution < -0.4 is 0 Å². The fraction of sp³-hybridized carbons (Fsp3) is 1.00. The second-order valence-electron chi connectivity index (χ2n) is 2.26. The number of nitrogens with zero attached hydrogens (tertiary/aromatic N) is 1. The van der Waals surface area contributed by atoms with E-state index in [0.717, 1.165) is 4.90 Å². The molecule has 0 aromatic rings. The summed E-state index contributed by atoms with van der Waals surface area (Å²) in [7, 11) is 2.77. The normalized spacial score (nSPS) is 15.9. The van der Waals surface area contributed by atoms with Crippen LogP contribution in [-0.2, 0) is 0 Å². The average molecular weight is 157 g/mol. The van der Waals surface area contributed by atoms with Crippen LogP contribution in [0.15, 0.2) is 0 Å². The maximum absolute atomic E-state index is 11.5. The van der Waals surface area contributed by atoms with E-state index in [2.05, 4.69) is 0 Å². The first-order valence-electron chi connectivity index (χ1n) is 2.74. The standard InChI is InChI=1S/C5H10F3NO/c1-9(2)4(10)3-5(6,7)8/h4,10H,3H2,1-2H3. The van der Waals surface area contributed by atoms with E-state index >= 15 is 0 Å². The molecular weight excluding hydrogens is 147 g/mol. The van der Waals surface area contributed by atoms with E-state index in [1.165, 1.54) is 14.1 Å². The lowest BCUT2D eigenvalue weighted by molar-refractivity contribution is -0.169. The third-order valence-corrected chi connectivity index (χ3v) is 1.01. The number of halogens is 3. The van der Waals surface area contributed by atoms with Crippen molar-refractivity contribution in [1.29, 1.82) is 0 Å². The summed E-state index contributed by atoms with van der Waals surface area (Å²) in [6.45, 7) is 0. The first-order chi connectivity index (χ1) is 4.33. The number of hydrogen-bond donors (Lipinski definition) is 1. The molecule has 0 aromatic carbocycles. The zero-order chi connectivity index (χ0) is 8.36. The van der Waals surface area contributed by atoms with Gasteiger partial charge in [0.15, 0.2) is 0 Å². The van der Waals surface area contributed by atoms with Crippen molar-refractivity contribution in [3.63, 3.8) is 0 Å². The Kier molecular flexibility index (Phi) is 3.11. The second-order valence-corrected chi connectivity index (χ2v) is 2.26. The Morgan fingerprint density at radius 3 is 1.90 bits per heavy atom. The molecule has 5 heteroatoms. The van der Waals surface area contributed by atoms with Crippen LogP contribution in [-0.4, -0.2) is 36.5 Å². The van der Waals surface area contributed by atoms with Gasteiger partial charge in [-0.25, -0.2) is 0 Å². The Labute approximate surface area is 57.2 Å². The van der Waals surface area contributed by atoms with Gasteiger partial charge in [0.25, 0.3) is 0 Å². The molecule has 2 nitrogen and oxygen atoms in total. The molecule has 62 valence electrons. The number of aliphatic hydroxyl groups excluding tert-OH is 1. The van der Waals surface area contributed by atoms with Gasteiger partial charge >= 0.3 is 6.18 Å². The highest BCUT2D eigenvalue weighted by molar-refractivity contribution is 4.58. The molecule has 10 heavy (non-hydrogen) atoms. The summed E-state index contributed by atoms with van der Waals surface area (Å²) in [6.07, 6.45) is -6.90. The maximum atomic E-state index is 11.5. The van der Waals surface area contributed by atoms with Gasteiger partial charge in [-0.1, -0.05) is 0 Å². The highest BCUT2D eigenvalue weighted by Gasteiger charge is 2.31. The quantitative estimate of drug-likeness (QED) is 0.600. The number of rotatable bonds is 2. The van der Waals surface area contributed by atoms with Crippen LogP contribution in [0.5, 0.6) is 0 Å². The van der Waals surface area contributed by atoms with Crippen LogP contribution in [0.3, 0.4) is 0 Å². The Bertz CT molecular complexity index is 102. The largest absolute Gasteiger partial charge is 0.392 e. The lowest BCUT2D eigenvalue weighted by Gasteiger charge is -2.19. The molecule has 0 aromatic heterocycles. The van der Waals surface area contributed by atoms with Gasteiger partial charge in [-0.3, -0.25) is 4.90 Å². The van der Waals surface area contributed by atoms with Crippen molar-refractivity contribution in [2.45, 2.75) is 18.8 Å². The molecule has 0 aliphatic heterocycles. The minimum Gasteiger partial charge on any atom is -0.378 e. The minimum absolute atomic E-state index is 1.10. The molecule has 0 aliphatic rings. The number of hydrogen-bond acceptors (Lipinski definition) is 2. The van der Waals surface area contributed by atoms with Crippen LogP contribution in [0, 0.1) is 0 Å². The van der Waals surface area contributed by atoms with E-state index in [0.29, 0.717) is 0 Å². The summed E-state index contributed by atoms with van der Waals surface area (Å²) >= 11 is 0. The van der Waals surface area contributed by atoms with E-state index in [-0.39, 0.29) is 0 Å². The predicted molar refractivity (Wildman–Crippen MR) is 30.4 cm³/mol. The molecule has 0 bridgehead atoms. The van der Waals surface area contributed by atoms with Gasteiger partial charge in [0.1, 0.15) is 6.23 Å². The minimum atomic E-state index is -4.29. The van der Waals surface area contributed by atoms with E-state index in [1.54, 1.807) is 0 Å². The van der Waals surface area contributed by atoms with Gasteiger partial charge in [-0.15, -0.1) is 0 Å². The summed E-state index contributed by atoms with van der Waals surface area (Å²) in [6, 6.07) is 0. The van der Waals surface area contributed by atoms with Gasteiger partial charge in [0.05, 0.1) is 6.42 Å². The van der Waals surface area contributed by atoms with Crippen molar-refractivity contribution in [2.75, 3.05) is 14.1 Å². The van der Waals surface area contributed by atoms with Crippen LogP contribution in [0.2, 0.25) is 0 Å². The molecule has 0 saturated carbocycles. The average Bonchev–Trinajstić information content (AvgIpc) is 1.60. The molecule has 0 fully saturated rings. The zero-order valence-electron chi connectivity index (χ0n) is 5.81. The molecule has 0 aliphatic carbocycles. The van der Waals surface area contributed by atoms with E-state index in [9.17, 15) is 13.2 Å². The van der Waals surface area contributed by atoms with Crippen molar-refractivity contribution in [3.05, 3.63) is 0 Å². The molecule has 1 N–H and O–H groups in total. The van der Waals surface area contributed by atoms with Crippen molar-refractivity contribution >= 4 is 0 Å². The molecule has 1 atom stereocenters. The Morgan fingerprint density at radius 1 is 1.40 bits per heavy atom. The summed E-state index contributed by atoms with van der Waals surface area (Å²) in [5.41, 5.74) is 0. The second kappa shape index (κ2) is 3.21. The Morgan fingerprint density at radius 2 is 1.80 bits per heavy atom. The molecule has 0 rings (SSSR count). The highest BCUT2D eigenvalue weighted by Crippen LogP contribution is 2.21. The monoisotopic (exact) mass is 157 g/mol. The smallest absolute Gasteiger partial charge is 0.378 e. The third kappa shape index (κ3) is 4.58. The molecular formula is C5H10F3NO. The van der Waals surface area contributed by atoms with E-state index in [1.807, 2.05) is 0 Å². The van der Waals surface area contributed by atoms with Gasteiger partial charge in [-0.2, -0.15) is 13.2 Å². The molecule has 0 spiro atoms.